The summed E-state index contributed by atoms with van der Waals surface area (Å²) in [6, 6.07) is 28.3. The molecule has 30 heavy (non-hydrogen) atoms. The minimum Gasteiger partial charge on any atom is -0.492 e. The molecule has 0 unspecified atom stereocenters. The van der Waals surface area contributed by atoms with Gasteiger partial charge >= 0.3 is 0 Å². The first-order valence-corrected chi connectivity index (χ1v) is 12.7. The topological polar surface area (TPSA) is 26.3 Å². The van der Waals surface area contributed by atoms with Crippen molar-refractivity contribution < 1.29 is 9.30 Å². The molecule has 1 aliphatic heterocycles. The molecule has 3 heteroatoms. The van der Waals surface area contributed by atoms with Crippen LogP contribution in [0, 0.1) is 5.92 Å². The van der Waals surface area contributed by atoms with Gasteiger partial charge < -0.3 is 9.30 Å². The van der Waals surface area contributed by atoms with Gasteiger partial charge in [0.05, 0.1) is 5.31 Å². The largest absolute Gasteiger partial charge is 0.492 e. The first-order valence-electron chi connectivity index (χ1n) is 11.0. The zero-order valence-corrected chi connectivity index (χ0v) is 18.1. The summed E-state index contributed by atoms with van der Waals surface area (Å²) in [5.74, 6) is 1.33. The summed E-state index contributed by atoms with van der Waals surface area (Å²) < 4.78 is 21.7. The van der Waals surface area contributed by atoms with Gasteiger partial charge in [-0.2, -0.15) is 0 Å². The highest BCUT2D eigenvalue weighted by Gasteiger charge is 2.40. The smallest absolute Gasteiger partial charge is 0.174 e. The first-order chi connectivity index (χ1) is 14.8. The first kappa shape index (κ1) is 19.4. The quantitative estimate of drug-likeness (QED) is 0.457. The minimum atomic E-state index is -3.10. The molecule has 0 radical (unpaired) electrons. The fourth-order valence-electron chi connectivity index (χ4n) is 4.92. The predicted octanol–water partition coefficient (Wildman–Crippen LogP) is 6.48. The van der Waals surface area contributed by atoms with Crippen LogP contribution in [0.25, 0.3) is 5.31 Å². The maximum absolute atomic E-state index is 15.2. The molecule has 1 heterocycles. The van der Waals surface area contributed by atoms with Crippen LogP contribution in [0.3, 0.4) is 0 Å². The van der Waals surface area contributed by atoms with Crippen molar-refractivity contribution in [3.05, 3.63) is 102 Å². The Hall–Kier alpha value is -2.57. The summed E-state index contributed by atoms with van der Waals surface area (Å²) >= 11 is 0. The Morgan fingerprint density at radius 2 is 1.27 bits per heavy atom. The van der Waals surface area contributed by atoms with E-state index in [1.807, 2.05) is 66.7 Å². The molecule has 2 aliphatic rings. The van der Waals surface area contributed by atoms with Crippen molar-refractivity contribution >= 4 is 23.1 Å². The fourth-order valence-corrected chi connectivity index (χ4v) is 8.03. The van der Waals surface area contributed by atoms with Gasteiger partial charge in [-0.25, -0.2) is 0 Å². The predicted molar refractivity (Wildman–Crippen MR) is 124 cm³/mol. The molecule has 1 fully saturated rings. The number of benzene rings is 3. The maximum Gasteiger partial charge on any atom is 0.174 e. The third-order valence-electron chi connectivity index (χ3n) is 6.42. The van der Waals surface area contributed by atoms with E-state index in [1.54, 1.807) is 0 Å². The monoisotopic (exact) mass is 414 g/mol. The molecule has 5 rings (SSSR count). The Morgan fingerprint density at radius 3 is 1.90 bits per heavy atom. The molecule has 1 aliphatic carbocycles. The molecule has 2 nitrogen and oxygen atoms in total. The van der Waals surface area contributed by atoms with Crippen molar-refractivity contribution in [1.29, 1.82) is 0 Å². The van der Waals surface area contributed by atoms with Crippen LogP contribution in [0.4, 0.5) is 0 Å². The van der Waals surface area contributed by atoms with Gasteiger partial charge in [0.25, 0.3) is 0 Å². The van der Waals surface area contributed by atoms with Crippen molar-refractivity contribution in [3.8, 4) is 0 Å². The second kappa shape index (κ2) is 8.28. The molecule has 0 bridgehead atoms. The van der Waals surface area contributed by atoms with Crippen LogP contribution in [-0.4, -0.2) is 0 Å². The molecule has 152 valence electrons. The number of allylic oxidation sites excluding steroid dienone is 1. The van der Waals surface area contributed by atoms with Gasteiger partial charge in [-0.1, -0.05) is 104 Å². The average Bonchev–Trinajstić information content (AvgIpc) is 2.84. The number of hydrogen-bond acceptors (Lipinski definition) is 2. The van der Waals surface area contributed by atoms with Gasteiger partial charge in [0.2, 0.25) is 0 Å². The van der Waals surface area contributed by atoms with Gasteiger partial charge in [0.15, 0.2) is 7.14 Å². The molecule has 0 saturated heterocycles. The van der Waals surface area contributed by atoms with Crippen LogP contribution in [-0.2, 0) is 15.9 Å². The molecular formula is C27H27O2P. The van der Waals surface area contributed by atoms with Gasteiger partial charge in [-0.05, 0) is 24.0 Å². The van der Waals surface area contributed by atoms with Crippen LogP contribution >= 0.6 is 7.14 Å². The summed E-state index contributed by atoms with van der Waals surface area (Å²) in [4.78, 5) is 0. The van der Waals surface area contributed by atoms with E-state index in [1.165, 1.54) is 19.3 Å². The summed E-state index contributed by atoms with van der Waals surface area (Å²) in [5.41, 5.74) is 2.22. The molecule has 3 aromatic carbocycles. The number of fused-ring (bicyclic) bond motifs is 1. The fraction of sp³-hybridized carbons (Fsp3) is 0.259. The average molecular weight is 414 g/mol. The lowest BCUT2D eigenvalue weighted by molar-refractivity contribution is 0.147. The summed E-state index contributed by atoms with van der Waals surface area (Å²) in [6.45, 7) is 0.565. The number of rotatable bonds is 4. The van der Waals surface area contributed by atoms with E-state index in [-0.39, 0.29) is 0 Å². The summed E-state index contributed by atoms with van der Waals surface area (Å²) in [6.07, 6.45) is 5.95. The van der Waals surface area contributed by atoms with Gasteiger partial charge in [0, 0.05) is 16.5 Å². The standard InChI is InChI=1S/C27H27O2P/c28-30(23-15-6-2-7-16-23,24-17-8-3-9-18-24)27-25-19-11-10-14-22(25)20-29-26(27)21-12-4-1-5-13-21/h2-3,6-11,14-19,21H,1,4-5,12-13,20H2. The second-order valence-electron chi connectivity index (χ2n) is 8.27. The Morgan fingerprint density at radius 1 is 0.700 bits per heavy atom. The summed E-state index contributed by atoms with van der Waals surface area (Å²) in [7, 11) is -3.10. The molecule has 3 aromatic rings. The highest BCUT2D eigenvalue weighted by atomic mass is 31.2. The lowest BCUT2D eigenvalue weighted by Crippen LogP contribution is -2.23. The van der Waals surface area contributed by atoms with Crippen molar-refractivity contribution in [1.82, 2.24) is 0 Å². The van der Waals surface area contributed by atoms with Gasteiger partial charge in [-0.15, -0.1) is 0 Å². The molecule has 0 aromatic heterocycles. The zero-order valence-electron chi connectivity index (χ0n) is 17.2. The molecule has 0 spiro atoms. The molecule has 0 atom stereocenters. The normalized spacial score (nSPS) is 17.3. The van der Waals surface area contributed by atoms with Crippen LogP contribution < -0.4 is 10.6 Å². The van der Waals surface area contributed by atoms with E-state index in [2.05, 4.69) is 18.2 Å². The Kier molecular flexibility index (Phi) is 5.35. The van der Waals surface area contributed by atoms with E-state index in [0.717, 1.165) is 45.7 Å². The van der Waals surface area contributed by atoms with Crippen LogP contribution in [0.1, 0.15) is 43.2 Å². The Bertz CT molecular complexity index is 1050. The Balaban J connectivity index is 1.82. The van der Waals surface area contributed by atoms with Crippen molar-refractivity contribution in [2.75, 3.05) is 0 Å². The van der Waals surface area contributed by atoms with E-state index in [0.29, 0.717) is 12.5 Å². The van der Waals surface area contributed by atoms with Crippen molar-refractivity contribution in [2.45, 2.75) is 38.7 Å². The number of ether oxygens (including phenoxy) is 1. The highest BCUT2D eigenvalue weighted by molar-refractivity contribution is 7.87. The lowest BCUT2D eigenvalue weighted by Gasteiger charge is -2.34. The highest BCUT2D eigenvalue weighted by Crippen LogP contribution is 2.61. The molecule has 1 saturated carbocycles. The van der Waals surface area contributed by atoms with E-state index in [9.17, 15) is 0 Å². The lowest BCUT2D eigenvalue weighted by atomic mass is 9.86. The minimum absolute atomic E-state index is 0.350. The third-order valence-corrected chi connectivity index (χ3v) is 9.56. The van der Waals surface area contributed by atoms with E-state index >= 15 is 4.57 Å². The SMILES string of the molecule is O=P(C1=C(C2CCCCC2)OCc2ccccc21)(c1ccccc1)c1ccccc1. The second-order valence-corrected chi connectivity index (χ2v) is 11.0. The van der Waals surface area contributed by atoms with Gasteiger partial charge in [0.1, 0.15) is 12.4 Å². The molecular weight excluding hydrogens is 387 g/mol. The van der Waals surface area contributed by atoms with E-state index < -0.39 is 7.14 Å². The van der Waals surface area contributed by atoms with Crippen LogP contribution in [0.5, 0.6) is 0 Å². The molecule has 0 amide bonds. The number of hydrogen-bond donors (Lipinski definition) is 0. The zero-order chi connectivity index (χ0) is 20.4. The van der Waals surface area contributed by atoms with E-state index in [4.69, 9.17) is 4.74 Å². The van der Waals surface area contributed by atoms with Crippen LogP contribution in [0.15, 0.2) is 90.7 Å². The van der Waals surface area contributed by atoms with Crippen molar-refractivity contribution in [3.63, 3.8) is 0 Å². The van der Waals surface area contributed by atoms with Crippen molar-refractivity contribution in [2.24, 2.45) is 5.92 Å². The maximum atomic E-state index is 15.2. The Labute approximate surface area is 179 Å². The van der Waals surface area contributed by atoms with Gasteiger partial charge in [-0.3, -0.25) is 0 Å². The van der Waals surface area contributed by atoms with Crippen LogP contribution in [0.2, 0.25) is 0 Å². The summed E-state index contributed by atoms with van der Waals surface area (Å²) in [5, 5.41) is 2.67. The molecule has 0 N–H and O–H groups in total. The third kappa shape index (κ3) is 3.34.